The van der Waals surface area contributed by atoms with Crippen molar-refractivity contribution in [3.8, 4) is 0 Å². The Morgan fingerprint density at radius 3 is 2.56 bits per heavy atom. The van der Waals surface area contributed by atoms with Gasteiger partial charge in [-0.1, -0.05) is 38.5 Å². The minimum absolute atomic E-state index is 0.274. The molecule has 0 heterocycles. The first-order valence-electron chi connectivity index (χ1n) is 6.36. The third-order valence-corrected chi connectivity index (χ3v) is 4.27. The molecule has 2 rings (SSSR count). The lowest BCUT2D eigenvalue weighted by Gasteiger charge is -2.20. The fraction of sp³-hybridized carbons (Fsp3) is 0.533. The molecule has 0 amide bonds. The molecule has 98 valence electrons. The number of carboxylic acid groups (broad SMARTS) is 1. The van der Waals surface area contributed by atoms with Crippen molar-refractivity contribution in [3.63, 3.8) is 0 Å². The molecule has 2 unspecified atom stereocenters. The number of aliphatic carboxylic acids is 1. The zero-order valence-corrected chi connectivity index (χ0v) is 11.2. The second-order valence-electron chi connectivity index (χ2n) is 5.88. The summed E-state index contributed by atoms with van der Waals surface area (Å²) in [6, 6.07) is 5.54. The van der Waals surface area contributed by atoms with E-state index in [4.69, 9.17) is 5.11 Å². The lowest BCUT2D eigenvalue weighted by Crippen LogP contribution is -2.31. The van der Waals surface area contributed by atoms with Gasteiger partial charge in [0.25, 0.3) is 0 Å². The Morgan fingerprint density at radius 2 is 2.00 bits per heavy atom. The lowest BCUT2D eigenvalue weighted by atomic mass is 9.84. The summed E-state index contributed by atoms with van der Waals surface area (Å²) in [5, 5.41) is 19.0. The van der Waals surface area contributed by atoms with E-state index in [9.17, 15) is 9.90 Å². The second-order valence-corrected chi connectivity index (χ2v) is 5.88. The SMILES string of the molecule is CCC1(C)Cc2ccc(C(C)(O)C(=O)O)cc2C1. The fourth-order valence-corrected chi connectivity index (χ4v) is 2.62. The molecule has 0 radical (unpaired) electrons. The third-order valence-electron chi connectivity index (χ3n) is 4.27. The van der Waals surface area contributed by atoms with E-state index in [-0.39, 0.29) is 5.41 Å². The van der Waals surface area contributed by atoms with Crippen LogP contribution in [0.2, 0.25) is 0 Å². The van der Waals surface area contributed by atoms with Gasteiger partial charge in [-0.2, -0.15) is 0 Å². The Hall–Kier alpha value is -1.35. The molecular formula is C15H20O3. The van der Waals surface area contributed by atoms with Gasteiger partial charge in [-0.15, -0.1) is 0 Å². The Morgan fingerprint density at radius 1 is 1.39 bits per heavy atom. The van der Waals surface area contributed by atoms with Crippen molar-refractivity contribution in [2.75, 3.05) is 0 Å². The number of fused-ring (bicyclic) bond motifs is 1. The number of hydrogen-bond donors (Lipinski definition) is 2. The number of benzene rings is 1. The quantitative estimate of drug-likeness (QED) is 0.864. The van der Waals surface area contributed by atoms with Crippen LogP contribution in [-0.2, 0) is 23.2 Å². The van der Waals surface area contributed by atoms with Crippen LogP contribution < -0.4 is 0 Å². The molecule has 1 aromatic rings. The largest absolute Gasteiger partial charge is 0.479 e. The zero-order valence-electron chi connectivity index (χ0n) is 11.2. The highest BCUT2D eigenvalue weighted by Crippen LogP contribution is 2.40. The first kappa shape index (κ1) is 13.1. The van der Waals surface area contributed by atoms with Crippen molar-refractivity contribution in [2.24, 2.45) is 5.41 Å². The maximum absolute atomic E-state index is 11.1. The molecule has 2 atom stereocenters. The van der Waals surface area contributed by atoms with Crippen molar-refractivity contribution in [3.05, 3.63) is 34.9 Å². The van der Waals surface area contributed by atoms with Gasteiger partial charge in [-0.3, -0.25) is 0 Å². The molecule has 0 bridgehead atoms. The minimum atomic E-state index is -1.81. The molecule has 0 aromatic heterocycles. The first-order valence-corrected chi connectivity index (χ1v) is 6.36. The summed E-state index contributed by atoms with van der Waals surface area (Å²) in [6.45, 7) is 5.76. The van der Waals surface area contributed by atoms with E-state index in [0.717, 1.165) is 19.3 Å². The van der Waals surface area contributed by atoms with Crippen LogP contribution in [0.3, 0.4) is 0 Å². The van der Waals surface area contributed by atoms with E-state index < -0.39 is 11.6 Å². The van der Waals surface area contributed by atoms with Crippen LogP contribution >= 0.6 is 0 Å². The molecule has 0 aliphatic heterocycles. The van der Waals surface area contributed by atoms with Gasteiger partial charge in [0.1, 0.15) is 0 Å². The number of hydrogen-bond acceptors (Lipinski definition) is 2. The maximum Gasteiger partial charge on any atom is 0.340 e. The van der Waals surface area contributed by atoms with Crippen molar-refractivity contribution >= 4 is 5.97 Å². The molecule has 0 spiro atoms. The summed E-state index contributed by atoms with van der Waals surface area (Å²) >= 11 is 0. The Bertz CT molecular complexity index is 491. The first-order chi connectivity index (χ1) is 8.28. The van der Waals surface area contributed by atoms with Crippen molar-refractivity contribution in [2.45, 2.75) is 45.6 Å². The zero-order chi connectivity index (χ0) is 13.6. The number of carbonyl (C=O) groups is 1. The van der Waals surface area contributed by atoms with Gasteiger partial charge in [0.2, 0.25) is 0 Å². The molecule has 3 heteroatoms. The summed E-state index contributed by atoms with van der Waals surface area (Å²) in [6.07, 6.45) is 3.10. The molecule has 1 aromatic carbocycles. The minimum Gasteiger partial charge on any atom is -0.479 e. The molecule has 2 N–H and O–H groups in total. The van der Waals surface area contributed by atoms with Crippen LogP contribution in [-0.4, -0.2) is 16.2 Å². The normalized spacial score (nSPS) is 25.6. The molecule has 0 saturated carbocycles. The van der Waals surface area contributed by atoms with E-state index in [0.29, 0.717) is 5.56 Å². The predicted octanol–water partition coefficient (Wildman–Crippen LogP) is 2.49. The fourth-order valence-electron chi connectivity index (χ4n) is 2.62. The van der Waals surface area contributed by atoms with Crippen molar-refractivity contribution in [1.82, 2.24) is 0 Å². The number of aliphatic hydroxyl groups is 1. The van der Waals surface area contributed by atoms with Gasteiger partial charge in [-0.25, -0.2) is 4.79 Å². The van der Waals surface area contributed by atoms with E-state index in [1.807, 2.05) is 12.1 Å². The molecule has 3 nitrogen and oxygen atoms in total. The Labute approximate surface area is 107 Å². The highest BCUT2D eigenvalue weighted by atomic mass is 16.4. The summed E-state index contributed by atoms with van der Waals surface area (Å²) in [7, 11) is 0. The molecule has 1 aliphatic rings. The standard InChI is InChI=1S/C15H20O3/c1-4-14(2)8-10-5-6-12(7-11(10)9-14)15(3,18)13(16)17/h5-7,18H,4,8-9H2,1-3H3,(H,16,17). The van der Waals surface area contributed by atoms with E-state index in [2.05, 4.69) is 13.8 Å². The van der Waals surface area contributed by atoms with Gasteiger partial charge < -0.3 is 10.2 Å². The summed E-state index contributed by atoms with van der Waals surface area (Å²) < 4.78 is 0. The van der Waals surface area contributed by atoms with Crippen LogP contribution in [0.1, 0.15) is 43.9 Å². The predicted molar refractivity (Wildman–Crippen MR) is 69.5 cm³/mol. The molecule has 1 aliphatic carbocycles. The third kappa shape index (κ3) is 2.03. The number of carboxylic acids is 1. The highest BCUT2D eigenvalue weighted by Gasteiger charge is 2.36. The van der Waals surface area contributed by atoms with Crippen LogP contribution in [0.25, 0.3) is 0 Å². The highest BCUT2D eigenvalue weighted by molar-refractivity contribution is 5.78. The topological polar surface area (TPSA) is 57.5 Å². The van der Waals surface area contributed by atoms with Gasteiger partial charge in [-0.05, 0) is 41.9 Å². The van der Waals surface area contributed by atoms with Crippen LogP contribution in [0.15, 0.2) is 18.2 Å². The molecule has 0 fully saturated rings. The van der Waals surface area contributed by atoms with Crippen molar-refractivity contribution < 1.29 is 15.0 Å². The van der Waals surface area contributed by atoms with Gasteiger partial charge >= 0.3 is 5.97 Å². The number of rotatable bonds is 3. The Balaban J connectivity index is 2.38. The van der Waals surface area contributed by atoms with Crippen LogP contribution in [0.4, 0.5) is 0 Å². The van der Waals surface area contributed by atoms with Crippen LogP contribution in [0.5, 0.6) is 0 Å². The van der Waals surface area contributed by atoms with Crippen molar-refractivity contribution in [1.29, 1.82) is 0 Å². The lowest BCUT2D eigenvalue weighted by molar-refractivity contribution is -0.157. The van der Waals surface area contributed by atoms with Crippen LogP contribution in [0, 0.1) is 5.41 Å². The average molecular weight is 248 g/mol. The molecule has 0 saturated heterocycles. The Kier molecular flexibility index (Phi) is 2.98. The van der Waals surface area contributed by atoms with E-state index in [1.165, 1.54) is 18.1 Å². The smallest absolute Gasteiger partial charge is 0.340 e. The maximum atomic E-state index is 11.1. The van der Waals surface area contributed by atoms with Gasteiger partial charge in [0.05, 0.1) is 0 Å². The second kappa shape index (κ2) is 4.09. The van der Waals surface area contributed by atoms with E-state index >= 15 is 0 Å². The summed E-state index contributed by atoms with van der Waals surface area (Å²) in [5.41, 5.74) is 1.40. The van der Waals surface area contributed by atoms with Gasteiger partial charge in [0.15, 0.2) is 5.60 Å². The van der Waals surface area contributed by atoms with E-state index in [1.54, 1.807) is 6.07 Å². The molecular weight excluding hydrogens is 228 g/mol. The summed E-state index contributed by atoms with van der Waals surface area (Å²) in [4.78, 5) is 11.1. The molecule has 18 heavy (non-hydrogen) atoms. The summed E-state index contributed by atoms with van der Waals surface area (Å²) in [5.74, 6) is -1.21. The average Bonchev–Trinajstić information content (AvgIpc) is 2.64. The monoisotopic (exact) mass is 248 g/mol. The van der Waals surface area contributed by atoms with Gasteiger partial charge in [0, 0.05) is 0 Å².